The van der Waals surface area contributed by atoms with Gasteiger partial charge in [-0.2, -0.15) is 0 Å². The van der Waals surface area contributed by atoms with Crippen molar-refractivity contribution in [3.8, 4) is 0 Å². The molecule has 0 saturated heterocycles. The average molecular weight is 895 g/mol. The first-order valence-electron chi connectivity index (χ1n) is 26.5. The molecular formula is C54H103NO4S2. The van der Waals surface area contributed by atoms with E-state index in [1.807, 2.05) is 14.1 Å². The van der Waals surface area contributed by atoms with Gasteiger partial charge in [0.05, 0.1) is 19.4 Å². The molecule has 0 aliphatic carbocycles. The molecular weight excluding hydrogens is 791 g/mol. The summed E-state index contributed by atoms with van der Waals surface area (Å²) in [5, 5.41) is 0. The quantitative estimate of drug-likeness (QED) is 0.0261. The summed E-state index contributed by atoms with van der Waals surface area (Å²) in [7, 11) is 7.39. The van der Waals surface area contributed by atoms with E-state index in [-0.39, 0.29) is 18.0 Å². The molecule has 360 valence electrons. The van der Waals surface area contributed by atoms with Gasteiger partial charge in [0.25, 0.3) is 0 Å². The van der Waals surface area contributed by atoms with E-state index in [4.69, 9.17) is 9.47 Å². The normalized spacial score (nSPS) is 12.9. The predicted molar refractivity (Wildman–Crippen MR) is 274 cm³/mol. The van der Waals surface area contributed by atoms with E-state index in [2.05, 4.69) is 50.0 Å². The fourth-order valence-electron chi connectivity index (χ4n) is 8.04. The number of hydrogen-bond acceptors (Lipinski definition) is 7. The van der Waals surface area contributed by atoms with Crippen LogP contribution in [0.2, 0.25) is 0 Å². The zero-order valence-electron chi connectivity index (χ0n) is 41.4. The maximum absolute atomic E-state index is 13.4. The van der Waals surface area contributed by atoms with Crippen LogP contribution in [0.15, 0.2) is 24.3 Å². The summed E-state index contributed by atoms with van der Waals surface area (Å²) in [4.78, 5) is 27.6. The molecule has 0 N–H and O–H groups in total. The molecule has 0 aromatic carbocycles. The zero-order chi connectivity index (χ0) is 44.5. The van der Waals surface area contributed by atoms with E-state index in [9.17, 15) is 9.59 Å². The van der Waals surface area contributed by atoms with Crippen molar-refractivity contribution in [3.05, 3.63) is 24.3 Å². The monoisotopic (exact) mass is 894 g/mol. The summed E-state index contributed by atoms with van der Waals surface area (Å²) in [6.45, 7) is 8.25. The van der Waals surface area contributed by atoms with Crippen LogP contribution in [0.5, 0.6) is 0 Å². The van der Waals surface area contributed by atoms with Crippen molar-refractivity contribution in [2.75, 3.05) is 38.8 Å². The van der Waals surface area contributed by atoms with Gasteiger partial charge >= 0.3 is 11.9 Å². The summed E-state index contributed by atoms with van der Waals surface area (Å²) in [6, 6.07) is 0. The van der Waals surface area contributed by atoms with E-state index >= 15 is 0 Å². The maximum Gasteiger partial charge on any atom is 0.306 e. The third-order valence-electron chi connectivity index (χ3n) is 11.9. The van der Waals surface area contributed by atoms with Crippen LogP contribution in [0.4, 0.5) is 0 Å². The highest BCUT2D eigenvalue weighted by molar-refractivity contribution is 8.76. The molecule has 0 aromatic rings. The lowest BCUT2D eigenvalue weighted by atomic mass is 9.87. The van der Waals surface area contributed by atoms with Crippen molar-refractivity contribution in [2.45, 2.75) is 264 Å². The Hall–Kier alpha value is -0.920. The number of carbonyl (C=O) groups is 2. The summed E-state index contributed by atoms with van der Waals surface area (Å²) in [6.07, 6.45) is 55.4. The zero-order valence-corrected chi connectivity index (χ0v) is 43.0. The van der Waals surface area contributed by atoms with E-state index in [1.54, 1.807) is 21.6 Å². The van der Waals surface area contributed by atoms with E-state index in [0.29, 0.717) is 36.9 Å². The third kappa shape index (κ3) is 46.9. The van der Waals surface area contributed by atoms with Crippen LogP contribution in [0.3, 0.4) is 0 Å². The second kappa shape index (κ2) is 50.1. The minimum Gasteiger partial charge on any atom is -0.466 e. The van der Waals surface area contributed by atoms with Gasteiger partial charge in [-0.1, -0.05) is 214 Å². The minimum absolute atomic E-state index is 0.0287. The molecule has 0 heterocycles. The van der Waals surface area contributed by atoms with Gasteiger partial charge in [0.15, 0.2) is 0 Å². The van der Waals surface area contributed by atoms with E-state index < -0.39 is 0 Å². The Bertz CT molecular complexity index is 973. The highest BCUT2D eigenvalue weighted by Crippen LogP contribution is 2.29. The summed E-state index contributed by atoms with van der Waals surface area (Å²) >= 11 is 0. The van der Waals surface area contributed by atoms with Gasteiger partial charge in [-0.25, -0.2) is 0 Å². The topological polar surface area (TPSA) is 55.8 Å². The number of rotatable bonds is 49. The average Bonchev–Trinajstić information content (AvgIpc) is 3.25. The Morgan fingerprint density at radius 1 is 0.459 bits per heavy atom. The number of allylic oxidation sites excluding steroid dienone is 4. The fraction of sp³-hybridized carbons (Fsp3) is 0.889. The molecule has 0 saturated carbocycles. The van der Waals surface area contributed by atoms with Gasteiger partial charge in [0, 0.05) is 18.1 Å². The van der Waals surface area contributed by atoms with E-state index in [1.165, 1.54) is 193 Å². The first kappa shape index (κ1) is 60.1. The summed E-state index contributed by atoms with van der Waals surface area (Å²) in [5.41, 5.74) is 0. The Labute approximate surface area is 389 Å². The molecule has 0 spiro atoms. The van der Waals surface area contributed by atoms with Crippen molar-refractivity contribution in [1.29, 1.82) is 0 Å². The van der Waals surface area contributed by atoms with E-state index in [0.717, 1.165) is 38.6 Å². The lowest BCUT2D eigenvalue weighted by Crippen LogP contribution is -2.27. The van der Waals surface area contributed by atoms with Gasteiger partial charge in [-0.05, 0) is 97.1 Å². The van der Waals surface area contributed by atoms with Crippen molar-refractivity contribution in [2.24, 2.45) is 5.92 Å². The molecule has 0 aliphatic rings. The van der Waals surface area contributed by atoms with Crippen LogP contribution in [0.25, 0.3) is 0 Å². The molecule has 5 nitrogen and oxygen atoms in total. The maximum atomic E-state index is 13.4. The molecule has 61 heavy (non-hydrogen) atoms. The second-order valence-corrected chi connectivity index (χ2v) is 21.0. The largest absolute Gasteiger partial charge is 0.466 e. The molecule has 0 radical (unpaired) electrons. The number of unbranched alkanes of at least 4 members (excludes halogenated alkanes) is 26. The van der Waals surface area contributed by atoms with Crippen LogP contribution >= 0.6 is 21.6 Å². The van der Waals surface area contributed by atoms with Gasteiger partial charge in [-0.3, -0.25) is 9.59 Å². The Balaban J connectivity index is 5.00. The van der Waals surface area contributed by atoms with Gasteiger partial charge in [-0.15, -0.1) is 0 Å². The number of nitrogens with zero attached hydrogens (tertiary/aromatic N) is 1. The smallest absolute Gasteiger partial charge is 0.306 e. The Morgan fingerprint density at radius 2 is 0.852 bits per heavy atom. The Morgan fingerprint density at radius 3 is 1.34 bits per heavy atom. The van der Waals surface area contributed by atoms with Crippen LogP contribution < -0.4 is 0 Å². The molecule has 2 atom stereocenters. The second-order valence-electron chi connectivity index (χ2n) is 18.3. The van der Waals surface area contributed by atoms with Gasteiger partial charge in [0.1, 0.15) is 6.10 Å². The van der Waals surface area contributed by atoms with Crippen molar-refractivity contribution >= 4 is 33.5 Å². The Kier molecular flexibility index (Phi) is 49.3. The van der Waals surface area contributed by atoms with Crippen LogP contribution in [-0.2, 0) is 19.1 Å². The molecule has 0 aliphatic heterocycles. The van der Waals surface area contributed by atoms with Crippen LogP contribution in [0.1, 0.15) is 258 Å². The van der Waals surface area contributed by atoms with Crippen molar-refractivity contribution in [3.63, 3.8) is 0 Å². The highest BCUT2D eigenvalue weighted by atomic mass is 33.1. The lowest BCUT2D eigenvalue weighted by Gasteiger charge is -2.28. The van der Waals surface area contributed by atoms with Gasteiger partial charge < -0.3 is 14.4 Å². The SMILES string of the molecule is CCCC/C=C\CCCC(CCCCCCCCCCCCCC)C(CCCCCCCC/C=C\CCCCCCCC)OC(=O)CCSSCCC(=O)OCCCN(C)C. The van der Waals surface area contributed by atoms with Gasteiger partial charge in [0.2, 0.25) is 0 Å². The number of hydrogen-bond donors (Lipinski definition) is 0. The van der Waals surface area contributed by atoms with Crippen LogP contribution in [-0.4, -0.2) is 61.7 Å². The third-order valence-corrected chi connectivity index (χ3v) is 14.4. The minimum atomic E-state index is -0.129. The molecule has 7 heteroatoms. The fourth-order valence-corrected chi connectivity index (χ4v) is 9.98. The number of carbonyl (C=O) groups excluding carboxylic acids is 2. The van der Waals surface area contributed by atoms with Crippen LogP contribution in [0, 0.1) is 5.92 Å². The summed E-state index contributed by atoms with van der Waals surface area (Å²) < 4.78 is 11.8. The predicted octanol–water partition coefficient (Wildman–Crippen LogP) is 17.6. The summed E-state index contributed by atoms with van der Waals surface area (Å²) in [5.74, 6) is 1.70. The first-order chi connectivity index (χ1) is 29.9. The first-order valence-corrected chi connectivity index (χ1v) is 29.0. The van der Waals surface area contributed by atoms with Crippen molar-refractivity contribution in [1.82, 2.24) is 4.90 Å². The highest BCUT2D eigenvalue weighted by Gasteiger charge is 2.24. The number of ether oxygens (including phenoxy) is 2. The lowest BCUT2D eigenvalue weighted by molar-refractivity contribution is -0.152. The standard InChI is InChI=1S/C54H103NO4S2/c1-6-9-12-15-18-20-22-24-25-26-27-29-31-34-37-40-44-52(59-54(57)46-50-61-60-49-45-53(56)58-48-41-47-55(4)5)51(42-38-35-32-17-14-11-8-3)43-39-36-33-30-28-23-21-19-16-13-10-7-2/h17,24-25,32,51-52H,6-16,18-23,26-31,33-50H2,1-5H3/b25-24-,32-17-. The number of esters is 2. The molecule has 0 fully saturated rings. The molecule has 0 aromatic heterocycles. The molecule has 0 amide bonds. The van der Waals surface area contributed by atoms with Crippen molar-refractivity contribution < 1.29 is 19.1 Å². The molecule has 0 bridgehead atoms. The molecule has 2 unspecified atom stereocenters. The molecule has 0 rings (SSSR count).